The second-order valence-electron chi connectivity index (χ2n) is 6.68. The molecule has 1 saturated heterocycles. The SMILES string of the molecule is COc1ccccc1C(=O)N1CCCCC1c1nc(-c2cccc(Cl)c2)no1. The van der Waals surface area contributed by atoms with Crippen LogP contribution < -0.4 is 4.74 Å². The van der Waals surface area contributed by atoms with Gasteiger partial charge >= 0.3 is 0 Å². The van der Waals surface area contributed by atoms with E-state index in [1.165, 1.54) is 0 Å². The van der Waals surface area contributed by atoms with Crippen molar-refractivity contribution in [1.82, 2.24) is 15.0 Å². The van der Waals surface area contributed by atoms with E-state index in [0.29, 0.717) is 34.6 Å². The Hall–Kier alpha value is -2.86. The van der Waals surface area contributed by atoms with Crippen LogP contribution in [-0.4, -0.2) is 34.6 Å². The number of aromatic nitrogens is 2. The Labute approximate surface area is 168 Å². The van der Waals surface area contributed by atoms with Crippen LogP contribution in [0.1, 0.15) is 41.6 Å². The third-order valence-electron chi connectivity index (χ3n) is 4.91. The third kappa shape index (κ3) is 3.60. The van der Waals surface area contributed by atoms with Crippen molar-refractivity contribution in [2.24, 2.45) is 0 Å². The highest BCUT2D eigenvalue weighted by Crippen LogP contribution is 2.34. The molecule has 4 rings (SSSR count). The van der Waals surface area contributed by atoms with Crippen molar-refractivity contribution < 1.29 is 14.1 Å². The molecule has 0 bridgehead atoms. The van der Waals surface area contributed by atoms with Gasteiger partial charge in [0.2, 0.25) is 11.7 Å². The molecule has 6 nitrogen and oxygen atoms in total. The van der Waals surface area contributed by atoms with Gasteiger partial charge in [0, 0.05) is 17.1 Å². The molecule has 0 saturated carbocycles. The molecule has 1 aliphatic heterocycles. The molecule has 0 radical (unpaired) electrons. The maximum atomic E-state index is 13.2. The van der Waals surface area contributed by atoms with Gasteiger partial charge in [-0.2, -0.15) is 4.98 Å². The number of para-hydroxylation sites is 1. The van der Waals surface area contributed by atoms with E-state index in [2.05, 4.69) is 10.1 Å². The van der Waals surface area contributed by atoms with Crippen LogP contribution in [0.4, 0.5) is 0 Å². The summed E-state index contributed by atoms with van der Waals surface area (Å²) in [6.07, 6.45) is 2.71. The summed E-state index contributed by atoms with van der Waals surface area (Å²) >= 11 is 6.06. The summed E-state index contributed by atoms with van der Waals surface area (Å²) in [4.78, 5) is 19.6. The molecule has 2 heterocycles. The molecule has 28 heavy (non-hydrogen) atoms. The highest BCUT2D eigenvalue weighted by molar-refractivity contribution is 6.30. The molecule has 1 atom stereocenters. The van der Waals surface area contributed by atoms with Crippen LogP contribution in [0.5, 0.6) is 5.75 Å². The number of methoxy groups -OCH3 is 1. The number of nitrogens with zero attached hydrogens (tertiary/aromatic N) is 3. The number of carbonyl (C=O) groups is 1. The second kappa shape index (κ2) is 8.02. The predicted octanol–water partition coefficient (Wildman–Crippen LogP) is 4.77. The zero-order valence-corrected chi connectivity index (χ0v) is 16.2. The van der Waals surface area contributed by atoms with Crippen LogP contribution in [0.3, 0.4) is 0 Å². The molecule has 144 valence electrons. The van der Waals surface area contributed by atoms with Gasteiger partial charge in [0.1, 0.15) is 11.8 Å². The van der Waals surface area contributed by atoms with E-state index in [0.717, 1.165) is 24.8 Å². The summed E-state index contributed by atoms with van der Waals surface area (Å²) in [7, 11) is 1.56. The van der Waals surface area contributed by atoms with E-state index in [1.54, 1.807) is 36.3 Å². The minimum atomic E-state index is -0.258. The van der Waals surface area contributed by atoms with Gasteiger partial charge in [-0.25, -0.2) is 0 Å². The summed E-state index contributed by atoms with van der Waals surface area (Å²) in [6.45, 7) is 0.635. The number of hydrogen-bond acceptors (Lipinski definition) is 5. The summed E-state index contributed by atoms with van der Waals surface area (Å²) < 4.78 is 10.9. The number of benzene rings is 2. The van der Waals surface area contributed by atoms with Crippen molar-refractivity contribution in [3.05, 3.63) is 65.0 Å². The second-order valence-corrected chi connectivity index (χ2v) is 7.11. The molecule has 1 amide bonds. The molecule has 0 spiro atoms. The van der Waals surface area contributed by atoms with Gasteiger partial charge in [0.15, 0.2) is 0 Å². The number of amides is 1. The van der Waals surface area contributed by atoms with Gasteiger partial charge in [-0.3, -0.25) is 4.79 Å². The minimum Gasteiger partial charge on any atom is -0.496 e. The van der Waals surface area contributed by atoms with Gasteiger partial charge in [0.25, 0.3) is 5.91 Å². The fourth-order valence-electron chi connectivity index (χ4n) is 3.52. The first-order chi connectivity index (χ1) is 13.7. The lowest BCUT2D eigenvalue weighted by molar-refractivity contribution is 0.0558. The van der Waals surface area contributed by atoms with E-state index in [9.17, 15) is 4.79 Å². The highest BCUT2D eigenvalue weighted by atomic mass is 35.5. The number of ether oxygens (including phenoxy) is 1. The summed E-state index contributed by atoms with van der Waals surface area (Å²) in [5.74, 6) is 1.37. The molecule has 0 N–H and O–H groups in total. The molecule has 1 fully saturated rings. The first kappa shape index (κ1) is 18.5. The number of hydrogen-bond donors (Lipinski definition) is 0. The minimum absolute atomic E-state index is 0.0929. The van der Waals surface area contributed by atoms with Crippen molar-refractivity contribution >= 4 is 17.5 Å². The van der Waals surface area contributed by atoms with Crippen molar-refractivity contribution in [3.63, 3.8) is 0 Å². The lowest BCUT2D eigenvalue weighted by Gasteiger charge is -2.33. The number of rotatable bonds is 4. The number of halogens is 1. The Morgan fingerprint density at radius 2 is 2.07 bits per heavy atom. The van der Waals surface area contributed by atoms with E-state index in [-0.39, 0.29) is 11.9 Å². The average Bonchev–Trinajstić information content (AvgIpc) is 3.23. The van der Waals surface area contributed by atoms with Crippen LogP contribution in [-0.2, 0) is 0 Å². The highest BCUT2D eigenvalue weighted by Gasteiger charge is 2.33. The largest absolute Gasteiger partial charge is 0.496 e. The molecule has 3 aromatic rings. The molecule has 0 aliphatic carbocycles. The van der Waals surface area contributed by atoms with Crippen molar-refractivity contribution in [2.45, 2.75) is 25.3 Å². The maximum absolute atomic E-state index is 13.2. The smallest absolute Gasteiger partial charge is 0.258 e. The fraction of sp³-hybridized carbons (Fsp3) is 0.286. The number of likely N-dealkylation sites (tertiary alicyclic amines) is 1. The summed E-state index contributed by atoms with van der Waals surface area (Å²) in [6, 6.07) is 14.3. The van der Waals surface area contributed by atoms with Crippen molar-refractivity contribution in [1.29, 1.82) is 0 Å². The van der Waals surface area contributed by atoms with E-state index in [4.69, 9.17) is 20.9 Å². The Kier molecular flexibility index (Phi) is 5.30. The molecule has 2 aromatic carbocycles. The first-order valence-electron chi connectivity index (χ1n) is 9.21. The molecular weight excluding hydrogens is 378 g/mol. The van der Waals surface area contributed by atoms with Crippen LogP contribution in [0, 0.1) is 0 Å². The summed E-state index contributed by atoms with van der Waals surface area (Å²) in [5, 5.41) is 4.70. The normalized spacial score (nSPS) is 16.8. The standard InChI is InChI=1S/C21H20ClN3O3/c1-27-18-11-3-2-9-16(18)21(26)25-12-5-4-10-17(25)20-23-19(24-28-20)14-7-6-8-15(22)13-14/h2-3,6-9,11,13,17H,4-5,10,12H2,1H3. The van der Waals surface area contributed by atoms with Gasteiger partial charge in [-0.15, -0.1) is 0 Å². The molecule has 1 unspecified atom stereocenters. The van der Waals surface area contributed by atoms with Crippen LogP contribution in [0.15, 0.2) is 53.1 Å². The quantitative estimate of drug-likeness (QED) is 0.634. The van der Waals surface area contributed by atoms with Crippen LogP contribution in [0.25, 0.3) is 11.4 Å². The third-order valence-corrected chi connectivity index (χ3v) is 5.15. The fourth-order valence-corrected chi connectivity index (χ4v) is 3.71. The van der Waals surface area contributed by atoms with Crippen LogP contribution >= 0.6 is 11.6 Å². The molecular formula is C21H20ClN3O3. The number of carbonyl (C=O) groups excluding carboxylic acids is 1. The Morgan fingerprint density at radius 3 is 2.89 bits per heavy atom. The first-order valence-corrected chi connectivity index (χ1v) is 9.58. The number of piperidine rings is 1. The Balaban J connectivity index is 1.64. The van der Waals surface area contributed by atoms with Gasteiger partial charge in [0.05, 0.1) is 12.7 Å². The van der Waals surface area contributed by atoms with Gasteiger partial charge < -0.3 is 14.2 Å². The van der Waals surface area contributed by atoms with Gasteiger partial charge in [-0.05, 0) is 43.5 Å². The monoisotopic (exact) mass is 397 g/mol. The maximum Gasteiger partial charge on any atom is 0.258 e. The average molecular weight is 398 g/mol. The predicted molar refractivity (Wildman–Crippen MR) is 105 cm³/mol. The molecule has 1 aromatic heterocycles. The Bertz CT molecular complexity index is 988. The van der Waals surface area contributed by atoms with E-state index >= 15 is 0 Å². The van der Waals surface area contributed by atoms with Gasteiger partial charge in [-0.1, -0.05) is 41.0 Å². The van der Waals surface area contributed by atoms with Crippen molar-refractivity contribution in [2.75, 3.05) is 13.7 Å². The lowest BCUT2D eigenvalue weighted by Crippen LogP contribution is -2.38. The summed E-state index contributed by atoms with van der Waals surface area (Å²) in [5.41, 5.74) is 1.31. The molecule has 1 aliphatic rings. The molecule has 7 heteroatoms. The zero-order valence-electron chi connectivity index (χ0n) is 15.5. The lowest BCUT2D eigenvalue weighted by atomic mass is 10.0. The van der Waals surface area contributed by atoms with Crippen LogP contribution in [0.2, 0.25) is 5.02 Å². The Morgan fingerprint density at radius 1 is 1.21 bits per heavy atom. The zero-order chi connectivity index (χ0) is 19.5. The van der Waals surface area contributed by atoms with Crippen molar-refractivity contribution in [3.8, 4) is 17.1 Å². The van der Waals surface area contributed by atoms with E-state index < -0.39 is 0 Å². The van der Waals surface area contributed by atoms with E-state index in [1.807, 2.05) is 24.3 Å². The topological polar surface area (TPSA) is 68.5 Å².